The van der Waals surface area contributed by atoms with Crippen LogP contribution in [0.2, 0.25) is 0 Å². The average molecular weight is 232 g/mol. The molecule has 0 fully saturated rings. The summed E-state index contributed by atoms with van der Waals surface area (Å²) in [4.78, 5) is 12.7. The zero-order chi connectivity index (χ0) is 12.6. The molecule has 0 heterocycles. The molecule has 0 saturated heterocycles. The van der Waals surface area contributed by atoms with Crippen LogP contribution in [0.15, 0.2) is 11.9 Å². The molecule has 7 heteroatoms. The highest BCUT2D eigenvalue weighted by atomic mass is 16.5. The standard InChI is InChI=1S/C9H20N4O3/c1-12(2)9(15)8(10)7-13(11)3-5-16-6-4-14/h7,14H,3-6,10-11H2,1-2H3/b8-7-. The van der Waals surface area contributed by atoms with Gasteiger partial charge >= 0.3 is 0 Å². The highest BCUT2D eigenvalue weighted by molar-refractivity contribution is 5.91. The molecule has 0 saturated carbocycles. The van der Waals surface area contributed by atoms with E-state index in [1.54, 1.807) is 14.1 Å². The summed E-state index contributed by atoms with van der Waals surface area (Å²) in [5.74, 6) is 5.26. The second-order valence-electron chi connectivity index (χ2n) is 3.36. The van der Waals surface area contributed by atoms with Gasteiger partial charge in [-0.3, -0.25) is 4.79 Å². The van der Waals surface area contributed by atoms with E-state index in [2.05, 4.69) is 0 Å². The van der Waals surface area contributed by atoms with Crippen molar-refractivity contribution < 1.29 is 14.6 Å². The third kappa shape index (κ3) is 6.23. The molecule has 0 rings (SSSR count). The summed E-state index contributed by atoms with van der Waals surface area (Å²) >= 11 is 0. The van der Waals surface area contributed by atoms with E-state index in [1.807, 2.05) is 0 Å². The molecule has 0 aliphatic carbocycles. The predicted molar refractivity (Wildman–Crippen MR) is 59.8 cm³/mol. The van der Waals surface area contributed by atoms with Gasteiger partial charge in [0, 0.05) is 20.3 Å². The minimum Gasteiger partial charge on any atom is -0.394 e. The number of aliphatic hydroxyl groups is 1. The minimum atomic E-state index is -0.299. The van der Waals surface area contributed by atoms with Crippen molar-refractivity contribution in [1.82, 2.24) is 9.91 Å². The first-order chi connectivity index (χ1) is 7.49. The van der Waals surface area contributed by atoms with E-state index in [0.717, 1.165) is 0 Å². The maximum Gasteiger partial charge on any atom is 0.270 e. The molecule has 1 amide bonds. The topological polar surface area (TPSA) is 105 Å². The molecule has 0 unspecified atom stereocenters. The van der Waals surface area contributed by atoms with Crippen LogP contribution in [0, 0.1) is 0 Å². The molecule has 0 aliphatic rings. The van der Waals surface area contributed by atoms with Crippen LogP contribution in [0.1, 0.15) is 0 Å². The number of carbonyl (C=O) groups excluding carboxylic acids is 1. The summed E-state index contributed by atoms with van der Waals surface area (Å²) < 4.78 is 5.01. The maximum atomic E-state index is 11.3. The molecular formula is C9H20N4O3. The number of nitrogens with two attached hydrogens (primary N) is 2. The fraction of sp³-hybridized carbons (Fsp3) is 0.667. The monoisotopic (exact) mass is 232 g/mol. The molecule has 0 radical (unpaired) electrons. The number of hydrogen-bond acceptors (Lipinski definition) is 6. The van der Waals surface area contributed by atoms with E-state index in [1.165, 1.54) is 16.1 Å². The Bertz CT molecular complexity index is 243. The van der Waals surface area contributed by atoms with Gasteiger partial charge in [0.1, 0.15) is 5.70 Å². The lowest BCUT2D eigenvalue weighted by atomic mass is 10.4. The molecule has 7 nitrogen and oxygen atoms in total. The van der Waals surface area contributed by atoms with Crippen molar-refractivity contribution >= 4 is 5.91 Å². The van der Waals surface area contributed by atoms with Crippen molar-refractivity contribution in [2.24, 2.45) is 11.6 Å². The van der Waals surface area contributed by atoms with Gasteiger partial charge in [-0.15, -0.1) is 0 Å². The summed E-state index contributed by atoms with van der Waals surface area (Å²) in [6.45, 7) is 0.990. The smallest absolute Gasteiger partial charge is 0.270 e. The molecule has 94 valence electrons. The van der Waals surface area contributed by atoms with Crippen molar-refractivity contribution in [3.05, 3.63) is 11.9 Å². The number of hydrogen-bond donors (Lipinski definition) is 3. The molecule has 0 aliphatic heterocycles. The second-order valence-corrected chi connectivity index (χ2v) is 3.36. The van der Waals surface area contributed by atoms with Gasteiger partial charge in [-0.25, -0.2) is 5.84 Å². The highest BCUT2D eigenvalue weighted by Crippen LogP contribution is 1.92. The Morgan fingerprint density at radius 2 is 2.06 bits per heavy atom. The van der Waals surface area contributed by atoms with Crippen LogP contribution in [0.25, 0.3) is 0 Å². The molecule has 0 atom stereocenters. The number of ether oxygens (including phenoxy) is 1. The van der Waals surface area contributed by atoms with E-state index in [-0.39, 0.29) is 24.8 Å². The zero-order valence-electron chi connectivity index (χ0n) is 9.72. The normalized spacial score (nSPS) is 11.4. The van der Waals surface area contributed by atoms with Gasteiger partial charge in [0.2, 0.25) is 0 Å². The fourth-order valence-corrected chi connectivity index (χ4v) is 0.893. The first kappa shape index (κ1) is 14.7. The zero-order valence-corrected chi connectivity index (χ0v) is 9.72. The molecule has 0 aromatic carbocycles. The van der Waals surface area contributed by atoms with Gasteiger partial charge in [-0.1, -0.05) is 0 Å². The predicted octanol–water partition coefficient (Wildman–Crippen LogP) is -1.94. The number of hydrazine groups is 1. The van der Waals surface area contributed by atoms with Gasteiger partial charge in [0.25, 0.3) is 5.91 Å². The summed E-state index contributed by atoms with van der Waals surface area (Å²) in [6.07, 6.45) is 1.35. The van der Waals surface area contributed by atoms with Crippen molar-refractivity contribution in [3.63, 3.8) is 0 Å². The molecule has 0 bridgehead atoms. The van der Waals surface area contributed by atoms with E-state index >= 15 is 0 Å². The number of nitrogens with zero attached hydrogens (tertiary/aromatic N) is 2. The average Bonchev–Trinajstić information content (AvgIpc) is 2.23. The molecule has 16 heavy (non-hydrogen) atoms. The van der Waals surface area contributed by atoms with Crippen molar-refractivity contribution in [3.8, 4) is 0 Å². The molecule has 0 aromatic heterocycles. The lowest BCUT2D eigenvalue weighted by Crippen LogP contribution is -2.34. The van der Waals surface area contributed by atoms with Gasteiger partial charge in [0.15, 0.2) is 0 Å². The van der Waals surface area contributed by atoms with Crippen LogP contribution in [-0.2, 0) is 9.53 Å². The lowest BCUT2D eigenvalue weighted by molar-refractivity contribution is -0.124. The molecular weight excluding hydrogens is 212 g/mol. The first-order valence-electron chi connectivity index (χ1n) is 4.88. The number of likely N-dealkylation sites (N-methyl/N-ethyl adjacent to an activating group) is 1. The van der Waals surface area contributed by atoms with Gasteiger partial charge in [0.05, 0.1) is 26.4 Å². The SMILES string of the molecule is CN(C)C(=O)/C(N)=C/N(N)CCOCCO. The largest absolute Gasteiger partial charge is 0.394 e. The Morgan fingerprint density at radius 1 is 1.44 bits per heavy atom. The van der Waals surface area contributed by atoms with Gasteiger partial charge < -0.3 is 25.5 Å². The van der Waals surface area contributed by atoms with Crippen LogP contribution in [0.3, 0.4) is 0 Å². The summed E-state index contributed by atoms with van der Waals surface area (Å²) in [6, 6.07) is 0. The molecule has 0 spiro atoms. The minimum absolute atomic E-state index is 0.0261. The summed E-state index contributed by atoms with van der Waals surface area (Å²) in [5, 5.41) is 9.73. The van der Waals surface area contributed by atoms with Crippen molar-refractivity contribution in [2.75, 3.05) is 40.5 Å². The molecule has 5 N–H and O–H groups in total. The quantitative estimate of drug-likeness (QED) is 0.204. The van der Waals surface area contributed by atoms with Gasteiger partial charge in [-0.05, 0) is 0 Å². The van der Waals surface area contributed by atoms with E-state index in [9.17, 15) is 4.79 Å². The fourth-order valence-electron chi connectivity index (χ4n) is 0.893. The summed E-state index contributed by atoms with van der Waals surface area (Å²) in [7, 11) is 3.21. The highest BCUT2D eigenvalue weighted by Gasteiger charge is 2.08. The Labute approximate surface area is 95.2 Å². The van der Waals surface area contributed by atoms with E-state index < -0.39 is 0 Å². The van der Waals surface area contributed by atoms with E-state index in [0.29, 0.717) is 13.2 Å². The number of aliphatic hydroxyl groups excluding tert-OH is 1. The van der Waals surface area contributed by atoms with Crippen LogP contribution in [0.5, 0.6) is 0 Å². The number of rotatable bonds is 7. The Kier molecular flexibility index (Phi) is 7.27. The maximum absolute atomic E-state index is 11.3. The van der Waals surface area contributed by atoms with Crippen LogP contribution >= 0.6 is 0 Å². The van der Waals surface area contributed by atoms with Crippen molar-refractivity contribution in [2.45, 2.75) is 0 Å². The Hall–Kier alpha value is -1.31. The van der Waals surface area contributed by atoms with E-state index in [4.69, 9.17) is 21.4 Å². The van der Waals surface area contributed by atoms with Crippen molar-refractivity contribution in [1.29, 1.82) is 0 Å². The van der Waals surface area contributed by atoms with Crippen LogP contribution < -0.4 is 11.6 Å². The third-order valence-electron chi connectivity index (χ3n) is 1.69. The Balaban J connectivity index is 3.96. The number of carbonyl (C=O) groups is 1. The van der Waals surface area contributed by atoms with Crippen LogP contribution in [0.4, 0.5) is 0 Å². The third-order valence-corrected chi connectivity index (χ3v) is 1.69. The molecule has 0 aromatic rings. The van der Waals surface area contributed by atoms with Gasteiger partial charge in [-0.2, -0.15) is 0 Å². The number of amides is 1. The lowest BCUT2D eigenvalue weighted by Gasteiger charge is -2.16. The second kappa shape index (κ2) is 7.91. The first-order valence-corrected chi connectivity index (χ1v) is 4.88. The Morgan fingerprint density at radius 3 is 2.56 bits per heavy atom. The summed E-state index contributed by atoms with van der Waals surface area (Å²) in [5.41, 5.74) is 5.58. The van der Waals surface area contributed by atoms with Crippen LogP contribution in [-0.4, -0.2) is 61.4 Å².